The molecule has 4 aromatic carbocycles. The van der Waals surface area contributed by atoms with E-state index in [9.17, 15) is 8.42 Å². The second-order valence-corrected chi connectivity index (χ2v) is 15.2. The van der Waals surface area contributed by atoms with Gasteiger partial charge in [0.1, 0.15) is 0 Å². The zero-order chi connectivity index (χ0) is 35.8. The number of nitrogens with two attached hydrogens (primary N) is 1. The van der Waals surface area contributed by atoms with Crippen LogP contribution in [0.3, 0.4) is 0 Å². The van der Waals surface area contributed by atoms with E-state index in [-0.39, 0.29) is 16.8 Å². The highest BCUT2D eigenvalue weighted by Gasteiger charge is 2.32. The Hall–Kier alpha value is -4.57. The molecule has 0 saturated carbocycles. The summed E-state index contributed by atoms with van der Waals surface area (Å²) < 4.78 is 31.5. The highest BCUT2D eigenvalue weighted by Crippen LogP contribution is 2.30. The lowest BCUT2D eigenvalue weighted by Gasteiger charge is -2.22. The van der Waals surface area contributed by atoms with Gasteiger partial charge in [-0.15, -0.1) is 4.40 Å². The molecule has 1 atom stereocenters. The number of benzene rings is 4. The lowest BCUT2D eigenvalue weighted by molar-refractivity contribution is 0.453. The summed E-state index contributed by atoms with van der Waals surface area (Å²) in [6, 6.07) is 31.7. The first kappa shape index (κ1) is 36.2. The Labute approximate surface area is 310 Å². The van der Waals surface area contributed by atoms with Gasteiger partial charge in [-0.05, 0) is 96.8 Å². The molecule has 0 amide bonds. The average molecular weight is 742 g/mol. The van der Waals surface area contributed by atoms with Crippen LogP contribution in [-0.4, -0.2) is 44.7 Å². The molecule has 1 aliphatic heterocycles. The van der Waals surface area contributed by atoms with Crippen LogP contribution in [0.5, 0.6) is 0 Å². The molecule has 0 aromatic heterocycles. The van der Waals surface area contributed by atoms with Gasteiger partial charge in [0.15, 0.2) is 0 Å². The molecule has 4 aromatic rings. The van der Waals surface area contributed by atoms with E-state index in [4.69, 9.17) is 34.0 Å². The molecule has 11 heteroatoms. The zero-order valence-corrected chi connectivity index (χ0v) is 30.7. The van der Waals surface area contributed by atoms with E-state index in [0.29, 0.717) is 29.7 Å². The molecule has 51 heavy (non-hydrogen) atoms. The predicted molar refractivity (Wildman–Crippen MR) is 209 cm³/mol. The molecular weight excluding hydrogens is 699 g/mol. The zero-order valence-electron chi connectivity index (χ0n) is 28.4. The second-order valence-electron chi connectivity index (χ2n) is 12.7. The number of halogens is 2. The maximum atomic E-state index is 13.6. The van der Waals surface area contributed by atoms with Gasteiger partial charge in [-0.3, -0.25) is 0 Å². The topological polar surface area (TPSA) is 112 Å². The minimum Gasteiger partial charge on any atom is -0.402 e. The third-order valence-corrected chi connectivity index (χ3v) is 10.9. The largest absolute Gasteiger partial charge is 0.402 e. The van der Waals surface area contributed by atoms with Crippen LogP contribution < -0.4 is 26.8 Å². The van der Waals surface area contributed by atoms with Crippen molar-refractivity contribution < 1.29 is 8.42 Å². The van der Waals surface area contributed by atoms with Gasteiger partial charge in [0.25, 0.3) is 10.0 Å². The number of nitrogens with one attached hydrogen (secondary N) is 2. The molecule has 0 radical (unpaired) electrons. The standard InChI is InChI=1S/C40H42Cl2N6O2S/c1-28-11-5-6-14-34(28)39(35-15-7-8-16-37(35)43)44-25-9-10-26-45-40(47-51(49,50)33-23-21-32(42)22-24-33)48-27-36(29-12-3-2-4-13-29)38(46-48)30-17-19-31(41)20-18-30/h2-6,11-14,17-24,36,44H,1,7-10,15-16,25-27,43H2,(H,45,47)/b39-34+/t36-/m1/s1. The van der Waals surface area contributed by atoms with E-state index in [1.165, 1.54) is 29.8 Å². The van der Waals surface area contributed by atoms with Crippen molar-refractivity contribution in [1.82, 2.24) is 15.6 Å². The number of unbranched alkanes of at least 4 members (excludes halogenated alkanes) is 1. The molecule has 264 valence electrons. The summed E-state index contributed by atoms with van der Waals surface area (Å²) in [7, 11) is -4.09. The Kier molecular flexibility index (Phi) is 11.8. The summed E-state index contributed by atoms with van der Waals surface area (Å²) in [5.41, 5.74) is 12.4. The molecule has 0 saturated heterocycles. The summed E-state index contributed by atoms with van der Waals surface area (Å²) in [6.07, 6.45) is 5.59. The minimum atomic E-state index is -4.09. The van der Waals surface area contributed by atoms with Gasteiger partial charge in [0.2, 0.25) is 5.96 Å². The van der Waals surface area contributed by atoms with Crippen molar-refractivity contribution in [1.29, 1.82) is 0 Å². The van der Waals surface area contributed by atoms with Gasteiger partial charge in [-0.2, -0.15) is 13.5 Å². The molecule has 0 fully saturated rings. The maximum Gasteiger partial charge on any atom is 0.285 e. The number of nitrogens with zero attached hydrogens (tertiary/aromatic N) is 3. The smallest absolute Gasteiger partial charge is 0.285 e. The third kappa shape index (κ3) is 9.03. The number of hydrazone groups is 1. The Bertz CT molecular complexity index is 2150. The van der Waals surface area contributed by atoms with Gasteiger partial charge in [0.05, 0.1) is 17.2 Å². The van der Waals surface area contributed by atoms with Crippen LogP contribution in [0, 0.1) is 0 Å². The lowest BCUT2D eigenvalue weighted by Crippen LogP contribution is -2.39. The van der Waals surface area contributed by atoms with Crippen molar-refractivity contribution in [3.63, 3.8) is 0 Å². The Morgan fingerprint density at radius 3 is 2.16 bits per heavy atom. The first-order valence-corrected chi connectivity index (χ1v) is 19.4. The van der Waals surface area contributed by atoms with Crippen LogP contribution in [0.2, 0.25) is 10.0 Å². The van der Waals surface area contributed by atoms with Gasteiger partial charge >= 0.3 is 0 Å². The van der Waals surface area contributed by atoms with Crippen LogP contribution in [-0.2, 0) is 10.0 Å². The first-order valence-electron chi connectivity index (χ1n) is 17.2. The molecular formula is C40H42Cl2N6O2S. The summed E-state index contributed by atoms with van der Waals surface area (Å²) in [4.78, 5) is 0.0427. The summed E-state index contributed by atoms with van der Waals surface area (Å²) >= 11 is 12.3. The van der Waals surface area contributed by atoms with Crippen LogP contribution in [0.1, 0.15) is 55.6 Å². The molecule has 0 unspecified atom stereocenters. The quantitative estimate of drug-likeness (QED) is 0.0920. The molecule has 6 rings (SSSR count). The van der Waals surface area contributed by atoms with E-state index in [1.807, 2.05) is 60.7 Å². The van der Waals surface area contributed by atoms with Crippen LogP contribution in [0.15, 0.2) is 129 Å². The predicted octanol–water partition coefficient (Wildman–Crippen LogP) is 6.51. The van der Waals surface area contributed by atoms with Crippen molar-refractivity contribution in [3.8, 4) is 0 Å². The van der Waals surface area contributed by atoms with Gasteiger partial charge in [0, 0.05) is 45.7 Å². The van der Waals surface area contributed by atoms with Gasteiger partial charge in [-0.25, -0.2) is 5.01 Å². The molecule has 0 bridgehead atoms. The van der Waals surface area contributed by atoms with Crippen molar-refractivity contribution in [2.75, 3.05) is 19.6 Å². The third-order valence-electron chi connectivity index (χ3n) is 9.11. The number of guanidine groups is 1. The van der Waals surface area contributed by atoms with Crippen LogP contribution in [0.25, 0.3) is 12.3 Å². The number of hydrogen-bond donors (Lipinski definition) is 3. The van der Waals surface area contributed by atoms with Crippen LogP contribution >= 0.6 is 23.2 Å². The fourth-order valence-electron chi connectivity index (χ4n) is 6.41. The molecule has 4 N–H and O–H groups in total. The van der Waals surface area contributed by atoms with Crippen molar-refractivity contribution >= 4 is 57.2 Å². The van der Waals surface area contributed by atoms with Crippen molar-refractivity contribution in [2.45, 2.75) is 49.3 Å². The number of hydrogen-bond acceptors (Lipinski definition) is 5. The Morgan fingerprint density at radius 1 is 0.843 bits per heavy atom. The van der Waals surface area contributed by atoms with E-state index < -0.39 is 10.0 Å². The first-order chi connectivity index (χ1) is 24.7. The Balaban J connectivity index is 1.23. The summed E-state index contributed by atoms with van der Waals surface area (Å²) in [6.45, 7) is 5.83. The van der Waals surface area contributed by atoms with Crippen molar-refractivity contribution in [2.24, 2.45) is 15.2 Å². The van der Waals surface area contributed by atoms with Crippen LogP contribution in [0.4, 0.5) is 0 Å². The lowest BCUT2D eigenvalue weighted by atomic mass is 9.91. The molecule has 8 nitrogen and oxygen atoms in total. The van der Waals surface area contributed by atoms with E-state index in [0.717, 1.165) is 77.2 Å². The number of allylic oxidation sites excluding steroid dienone is 1. The van der Waals surface area contributed by atoms with Gasteiger partial charge in [-0.1, -0.05) is 96.5 Å². The fourth-order valence-corrected chi connectivity index (χ4v) is 7.64. The Morgan fingerprint density at radius 2 is 1.47 bits per heavy atom. The molecule has 0 spiro atoms. The average Bonchev–Trinajstić information content (AvgIpc) is 3.58. The van der Waals surface area contributed by atoms with E-state index in [1.54, 1.807) is 5.01 Å². The molecule has 2 aliphatic rings. The highest BCUT2D eigenvalue weighted by molar-refractivity contribution is 7.90. The normalized spacial score (nSPS) is 17.3. The SMILES string of the molecule is C=c1cccc/c1=C(\NCCCCN/C(=N/S(=O)(=O)c1ccc(Cl)cc1)N1C[C@H](c2ccccc2)C(c2ccc(Cl)cc2)=N1)C1=C(N)CCCC1. The summed E-state index contributed by atoms with van der Waals surface area (Å²) in [5.74, 6) is 0.0226. The highest BCUT2D eigenvalue weighted by atomic mass is 35.5. The monoisotopic (exact) mass is 740 g/mol. The van der Waals surface area contributed by atoms with E-state index >= 15 is 0 Å². The maximum absolute atomic E-state index is 13.6. The summed E-state index contributed by atoms with van der Waals surface area (Å²) in [5, 5.41) is 16.7. The number of sulfonamides is 1. The molecule has 1 aliphatic carbocycles. The molecule has 1 heterocycles. The van der Waals surface area contributed by atoms with E-state index in [2.05, 4.69) is 39.8 Å². The minimum absolute atomic E-state index is 0.0427. The number of rotatable bonds is 11. The van der Waals surface area contributed by atoms with Crippen molar-refractivity contribution in [3.05, 3.63) is 146 Å². The van der Waals surface area contributed by atoms with Gasteiger partial charge < -0.3 is 16.4 Å². The second kappa shape index (κ2) is 16.6. The fraction of sp³-hybridized carbons (Fsp3) is 0.250.